The summed E-state index contributed by atoms with van der Waals surface area (Å²) in [7, 11) is -3.20. The fourth-order valence-corrected chi connectivity index (χ4v) is 3.65. The smallest absolute Gasteiger partial charge is 0.214 e. The highest BCUT2D eigenvalue weighted by Gasteiger charge is 2.29. The van der Waals surface area contributed by atoms with E-state index in [0.717, 1.165) is 4.47 Å². The maximum atomic E-state index is 11.9. The van der Waals surface area contributed by atoms with Crippen molar-refractivity contribution in [2.24, 2.45) is 0 Å². The Morgan fingerprint density at radius 1 is 1.41 bits per heavy atom. The van der Waals surface area contributed by atoms with Crippen LogP contribution in [0, 0.1) is 0 Å². The highest BCUT2D eigenvalue weighted by Crippen LogP contribution is 2.16. The van der Waals surface area contributed by atoms with Gasteiger partial charge in [-0.05, 0) is 18.6 Å². The fourth-order valence-electron chi connectivity index (χ4n) is 1.78. The third kappa shape index (κ3) is 2.94. The molecule has 0 spiro atoms. The molecule has 17 heavy (non-hydrogen) atoms. The molecule has 0 amide bonds. The first-order chi connectivity index (χ1) is 7.99. The van der Waals surface area contributed by atoms with Gasteiger partial charge in [0.05, 0.1) is 12.3 Å². The maximum Gasteiger partial charge on any atom is 0.214 e. The summed E-state index contributed by atoms with van der Waals surface area (Å²) in [5, 5.41) is 0. The van der Waals surface area contributed by atoms with Crippen molar-refractivity contribution in [1.82, 2.24) is 4.31 Å². The van der Waals surface area contributed by atoms with E-state index in [4.69, 9.17) is 0 Å². The first-order valence-corrected chi connectivity index (χ1v) is 7.66. The van der Waals surface area contributed by atoms with Crippen molar-refractivity contribution in [3.8, 4) is 0 Å². The monoisotopic (exact) mass is 317 g/mol. The average Bonchev–Trinajstić information content (AvgIpc) is 2.58. The molecular weight excluding hydrogens is 306 g/mol. The van der Waals surface area contributed by atoms with Crippen molar-refractivity contribution in [3.05, 3.63) is 34.3 Å². The Morgan fingerprint density at radius 3 is 2.76 bits per heavy atom. The van der Waals surface area contributed by atoms with E-state index < -0.39 is 10.0 Å². The molecule has 2 rings (SSSR count). The summed E-state index contributed by atoms with van der Waals surface area (Å²) in [4.78, 5) is 11.9. The molecule has 1 saturated heterocycles. The van der Waals surface area contributed by atoms with Gasteiger partial charge >= 0.3 is 0 Å². The molecule has 0 saturated carbocycles. The molecule has 1 aromatic rings. The number of carbonyl (C=O) groups is 1. The van der Waals surface area contributed by atoms with E-state index in [2.05, 4.69) is 15.9 Å². The van der Waals surface area contributed by atoms with Crippen LogP contribution in [-0.2, 0) is 10.0 Å². The molecule has 1 fully saturated rings. The van der Waals surface area contributed by atoms with E-state index in [-0.39, 0.29) is 18.1 Å². The quantitative estimate of drug-likeness (QED) is 0.797. The molecule has 0 atom stereocenters. The Morgan fingerprint density at radius 2 is 2.18 bits per heavy atom. The number of hydrogen-bond donors (Lipinski definition) is 0. The summed E-state index contributed by atoms with van der Waals surface area (Å²) in [6, 6.07) is 6.97. The molecule has 1 aliphatic rings. The Hall–Kier alpha value is -0.720. The van der Waals surface area contributed by atoms with Crippen LogP contribution in [0.15, 0.2) is 28.7 Å². The van der Waals surface area contributed by atoms with E-state index in [9.17, 15) is 13.2 Å². The molecule has 0 unspecified atom stereocenters. The molecule has 0 N–H and O–H groups in total. The largest absolute Gasteiger partial charge is 0.293 e. The number of rotatable bonds is 3. The molecule has 4 nitrogen and oxygen atoms in total. The summed E-state index contributed by atoms with van der Waals surface area (Å²) < 4.78 is 25.2. The van der Waals surface area contributed by atoms with Crippen molar-refractivity contribution >= 4 is 31.7 Å². The van der Waals surface area contributed by atoms with Gasteiger partial charge in [-0.25, -0.2) is 8.42 Å². The summed E-state index contributed by atoms with van der Waals surface area (Å²) in [6.45, 7) is 0.390. The predicted molar refractivity (Wildman–Crippen MR) is 68.4 cm³/mol. The lowest BCUT2D eigenvalue weighted by atomic mass is 10.1. The van der Waals surface area contributed by atoms with Crippen LogP contribution in [0.1, 0.15) is 16.8 Å². The Labute approximate surface area is 109 Å². The van der Waals surface area contributed by atoms with Crippen LogP contribution in [0.2, 0.25) is 0 Å². The molecule has 0 bridgehead atoms. The van der Waals surface area contributed by atoms with Gasteiger partial charge in [-0.15, -0.1) is 0 Å². The topological polar surface area (TPSA) is 54.5 Å². The number of hydrogen-bond acceptors (Lipinski definition) is 3. The summed E-state index contributed by atoms with van der Waals surface area (Å²) in [5.74, 6) is -0.0181. The predicted octanol–water partition coefficient (Wildman–Crippen LogP) is 1.67. The molecule has 0 radical (unpaired) electrons. The lowest BCUT2D eigenvalue weighted by Gasteiger charge is -2.13. The Balaban J connectivity index is 2.12. The van der Waals surface area contributed by atoms with Crippen LogP contribution in [0.3, 0.4) is 0 Å². The third-order valence-corrected chi connectivity index (χ3v) is 5.07. The van der Waals surface area contributed by atoms with Gasteiger partial charge in [0, 0.05) is 16.6 Å². The van der Waals surface area contributed by atoms with Crippen molar-refractivity contribution in [1.29, 1.82) is 0 Å². The van der Waals surface area contributed by atoms with Gasteiger partial charge in [0.1, 0.15) is 0 Å². The summed E-state index contributed by atoms with van der Waals surface area (Å²) >= 11 is 3.28. The Kier molecular flexibility index (Phi) is 3.65. The zero-order valence-corrected chi connectivity index (χ0v) is 11.5. The molecule has 1 aliphatic heterocycles. The molecule has 1 heterocycles. The van der Waals surface area contributed by atoms with E-state index in [1.54, 1.807) is 18.2 Å². The van der Waals surface area contributed by atoms with Crippen LogP contribution in [-0.4, -0.2) is 37.3 Å². The Bertz CT molecular complexity index is 541. The van der Waals surface area contributed by atoms with Crippen molar-refractivity contribution in [2.45, 2.75) is 6.42 Å². The second-order valence-corrected chi connectivity index (χ2v) is 6.94. The number of halogens is 1. The van der Waals surface area contributed by atoms with Gasteiger partial charge in [-0.3, -0.25) is 4.79 Å². The minimum absolute atomic E-state index is 0.0568. The minimum atomic E-state index is -3.20. The number of ketones is 1. The number of nitrogens with zero attached hydrogens (tertiary/aromatic N) is 1. The van der Waals surface area contributed by atoms with Gasteiger partial charge in [0.25, 0.3) is 0 Å². The molecule has 6 heteroatoms. The number of sulfonamides is 1. The zero-order valence-electron chi connectivity index (χ0n) is 9.10. The lowest BCUT2D eigenvalue weighted by Crippen LogP contribution is -2.31. The van der Waals surface area contributed by atoms with E-state index in [1.165, 1.54) is 4.31 Å². The van der Waals surface area contributed by atoms with Crippen molar-refractivity contribution < 1.29 is 13.2 Å². The highest BCUT2D eigenvalue weighted by atomic mass is 79.9. The van der Waals surface area contributed by atoms with E-state index in [0.29, 0.717) is 18.5 Å². The number of benzene rings is 1. The van der Waals surface area contributed by atoms with Crippen molar-refractivity contribution in [3.63, 3.8) is 0 Å². The maximum absolute atomic E-state index is 11.9. The van der Waals surface area contributed by atoms with Crippen LogP contribution in [0.25, 0.3) is 0 Å². The average molecular weight is 318 g/mol. The van der Waals surface area contributed by atoms with Gasteiger partial charge in [0.2, 0.25) is 10.0 Å². The fraction of sp³-hybridized carbons (Fsp3) is 0.364. The van der Waals surface area contributed by atoms with Gasteiger partial charge in [-0.2, -0.15) is 4.31 Å². The SMILES string of the molecule is O=C(CN1CCCS1(=O)=O)c1cccc(Br)c1. The molecule has 1 aromatic carbocycles. The first-order valence-electron chi connectivity index (χ1n) is 5.26. The van der Waals surface area contributed by atoms with Gasteiger partial charge in [-0.1, -0.05) is 28.1 Å². The van der Waals surface area contributed by atoms with Gasteiger partial charge < -0.3 is 0 Å². The molecule has 0 aromatic heterocycles. The van der Waals surface area contributed by atoms with Crippen LogP contribution in [0.5, 0.6) is 0 Å². The second kappa shape index (κ2) is 4.88. The van der Waals surface area contributed by atoms with Crippen LogP contribution >= 0.6 is 15.9 Å². The minimum Gasteiger partial charge on any atom is -0.293 e. The zero-order chi connectivity index (χ0) is 12.5. The van der Waals surface area contributed by atoms with Crippen LogP contribution < -0.4 is 0 Å². The van der Waals surface area contributed by atoms with Crippen LogP contribution in [0.4, 0.5) is 0 Å². The number of Topliss-reactive ketones (excluding diaryl/α,β-unsaturated/α-hetero) is 1. The first kappa shape index (κ1) is 12.7. The summed E-state index contributed by atoms with van der Waals surface area (Å²) in [5.41, 5.74) is 0.529. The third-order valence-electron chi connectivity index (χ3n) is 2.67. The molecule has 0 aliphatic carbocycles. The van der Waals surface area contributed by atoms with Crippen molar-refractivity contribution in [2.75, 3.05) is 18.8 Å². The highest BCUT2D eigenvalue weighted by molar-refractivity contribution is 9.10. The van der Waals surface area contributed by atoms with Gasteiger partial charge in [0.15, 0.2) is 5.78 Å². The number of carbonyl (C=O) groups excluding carboxylic acids is 1. The lowest BCUT2D eigenvalue weighted by molar-refractivity contribution is 0.0969. The normalized spacial score (nSPS) is 19.4. The van der Waals surface area contributed by atoms with E-state index >= 15 is 0 Å². The standard InChI is InChI=1S/C11H12BrNO3S/c12-10-4-1-3-9(7-10)11(14)8-13-5-2-6-17(13,15)16/h1,3-4,7H,2,5-6,8H2. The second-order valence-electron chi connectivity index (χ2n) is 3.94. The van der Waals surface area contributed by atoms with E-state index in [1.807, 2.05) is 6.07 Å². The molecule has 92 valence electrons. The summed E-state index contributed by atoms with van der Waals surface area (Å²) in [6.07, 6.45) is 0.605. The molecular formula is C11H12BrNO3S.